The molecule has 1 N–H and O–H groups in total. The molecule has 0 aromatic heterocycles. The SMILES string of the molecule is CC=COc1cccc(NC(C)=O)c1. The first-order valence-corrected chi connectivity index (χ1v) is 4.38. The molecule has 1 aromatic rings. The molecule has 0 atom stereocenters. The largest absolute Gasteiger partial charge is 0.465 e. The van der Waals surface area contributed by atoms with E-state index in [9.17, 15) is 4.79 Å². The number of ether oxygens (including phenoxy) is 1. The van der Waals surface area contributed by atoms with E-state index in [1.165, 1.54) is 6.92 Å². The number of benzene rings is 1. The van der Waals surface area contributed by atoms with Crippen LogP contribution in [0.1, 0.15) is 13.8 Å². The van der Waals surface area contributed by atoms with Gasteiger partial charge in [0, 0.05) is 18.7 Å². The quantitative estimate of drug-likeness (QED) is 0.745. The van der Waals surface area contributed by atoms with Crippen molar-refractivity contribution in [3.63, 3.8) is 0 Å². The average Bonchev–Trinajstić information content (AvgIpc) is 2.14. The predicted octanol–water partition coefficient (Wildman–Crippen LogP) is 2.56. The molecule has 74 valence electrons. The molecule has 0 saturated carbocycles. The predicted molar refractivity (Wildman–Crippen MR) is 56.2 cm³/mol. The first-order chi connectivity index (χ1) is 6.72. The summed E-state index contributed by atoms with van der Waals surface area (Å²) >= 11 is 0. The molecule has 1 amide bonds. The van der Waals surface area contributed by atoms with Gasteiger partial charge in [0.1, 0.15) is 5.75 Å². The third-order valence-corrected chi connectivity index (χ3v) is 1.49. The molecule has 1 rings (SSSR count). The summed E-state index contributed by atoms with van der Waals surface area (Å²) in [6, 6.07) is 7.22. The Balaban J connectivity index is 2.73. The van der Waals surface area contributed by atoms with Crippen LogP contribution in [0.15, 0.2) is 36.6 Å². The number of allylic oxidation sites excluding steroid dienone is 1. The average molecular weight is 191 g/mol. The van der Waals surface area contributed by atoms with Gasteiger partial charge in [0.25, 0.3) is 0 Å². The van der Waals surface area contributed by atoms with E-state index in [0.717, 1.165) is 5.69 Å². The van der Waals surface area contributed by atoms with Crippen molar-refractivity contribution in [2.45, 2.75) is 13.8 Å². The second-order valence-electron chi connectivity index (χ2n) is 2.80. The lowest BCUT2D eigenvalue weighted by molar-refractivity contribution is -0.114. The zero-order chi connectivity index (χ0) is 10.4. The minimum absolute atomic E-state index is 0.0896. The lowest BCUT2D eigenvalue weighted by Gasteiger charge is -2.04. The molecule has 0 aliphatic heterocycles. The van der Waals surface area contributed by atoms with Gasteiger partial charge in [-0.25, -0.2) is 0 Å². The first-order valence-electron chi connectivity index (χ1n) is 4.38. The van der Waals surface area contributed by atoms with Gasteiger partial charge >= 0.3 is 0 Å². The van der Waals surface area contributed by atoms with E-state index in [1.54, 1.807) is 18.4 Å². The number of rotatable bonds is 3. The molecule has 0 heterocycles. The molecule has 0 radical (unpaired) electrons. The Morgan fingerprint density at radius 1 is 1.50 bits per heavy atom. The molecule has 0 spiro atoms. The number of hydrogen-bond donors (Lipinski definition) is 1. The van der Waals surface area contributed by atoms with Crippen molar-refractivity contribution in [1.82, 2.24) is 0 Å². The molecular weight excluding hydrogens is 178 g/mol. The van der Waals surface area contributed by atoms with Crippen molar-refractivity contribution in [3.05, 3.63) is 36.6 Å². The Morgan fingerprint density at radius 2 is 2.29 bits per heavy atom. The molecule has 14 heavy (non-hydrogen) atoms. The van der Waals surface area contributed by atoms with Crippen LogP contribution in [0, 0.1) is 0 Å². The number of carbonyl (C=O) groups excluding carboxylic acids is 1. The second kappa shape index (κ2) is 5.07. The summed E-state index contributed by atoms with van der Waals surface area (Å²) < 4.78 is 5.25. The van der Waals surface area contributed by atoms with E-state index in [2.05, 4.69) is 5.32 Å². The number of amides is 1. The molecule has 0 saturated heterocycles. The van der Waals surface area contributed by atoms with Crippen molar-refractivity contribution in [1.29, 1.82) is 0 Å². The number of carbonyl (C=O) groups is 1. The number of hydrogen-bond acceptors (Lipinski definition) is 2. The highest BCUT2D eigenvalue weighted by Gasteiger charge is 1.96. The maximum atomic E-state index is 10.8. The molecule has 0 fully saturated rings. The molecule has 0 aliphatic rings. The van der Waals surface area contributed by atoms with E-state index in [-0.39, 0.29) is 5.91 Å². The number of anilines is 1. The van der Waals surface area contributed by atoms with E-state index in [1.807, 2.05) is 25.1 Å². The Labute approximate surface area is 83.4 Å². The van der Waals surface area contributed by atoms with Crippen LogP contribution in [0.25, 0.3) is 0 Å². The van der Waals surface area contributed by atoms with Crippen LogP contribution in [0.3, 0.4) is 0 Å². The van der Waals surface area contributed by atoms with E-state index in [4.69, 9.17) is 4.74 Å². The Hall–Kier alpha value is -1.77. The molecule has 0 unspecified atom stereocenters. The van der Waals surface area contributed by atoms with Crippen molar-refractivity contribution in [2.24, 2.45) is 0 Å². The normalized spacial score (nSPS) is 10.1. The van der Waals surface area contributed by atoms with Crippen LogP contribution in [0.5, 0.6) is 5.75 Å². The third-order valence-electron chi connectivity index (χ3n) is 1.49. The van der Waals surface area contributed by atoms with Crippen LogP contribution in [-0.2, 0) is 4.79 Å². The van der Waals surface area contributed by atoms with Gasteiger partial charge in [0.2, 0.25) is 5.91 Å². The zero-order valence-corrected chi connectivity index (χ0v) is 8.28. The maximum absolute atomic E-state index is 10.8. The van der Waals surface area contributed by atoms with Gasteiger partial charge in [-0.1, -0.05) is 12.1 Å². The van der Waals surface area contributed by atoms with Gasteiger partial charge in [-0.2, -0.15) is 0 Å². The summed E-state index contributed by atoms with van der Waals surface area (Å²) in [5, 5.41) is 2.68. The monoisotopic (exact) mass is 191 g/mol. The molecule has 3 heteroatoms. The van der Waals surface area contributed by atoms with E-state index in [0.29, 0.717) is 5.75 Å². The van der Waals surface area contributed by atoms with Gasteiger partial charge in [-0.15, -0.1) is 0 Å². The van der Waals surface area contributed by atoms with Gasteiger partial charge in [-0.05, 0) is 19.1 Å². The highest BCUT2D eigenvalue weighted by molar-refractivity contribution is 5.88. The second-order valence-corrected chi connectivity index (χ2v) is 2.80. The van der Waals surface area contributed by atoms with Gasteiger partial charge in [-0.3, -0.25) is 4.79 Å². The lowest BCUT2D eigenvalue weighted by Crippen LogP contribution is -2.05. The van der Waals surface area contributed by atoms with Crippen molar-refractivity contribution in [3.8, 4) is 5.75 Å². The molecule has 0 aliphatic carbocycles. The summed E-state index contributed by atoms with van der Waals surface area (Å²) in [4.78, 5) is 10.8. The smallest absolute Gasteiger partial charge is 0.221 e. The fraction of sp³-hybridized carbons (Fsp3) is 0.182. The van der Waals surface area contributed by atoms with Gasteiger partial charge < -0.3 is 10.1 Å². The summed E-state index contributed by atoms with van der Waals surface area (Å²) in [5.41, 5.74) is 0.736. The van der Waals surface area contributed by atoms with Crippen LogP contribution in [-0.4, -0.2) is 5.91 Å². The molecular formula is C11H13NO2. The third kappa shape index (κ3) is 3.31. The van der Waals surface area contributed by atoms with Crippen LogP contribution in [0.4, 0.5) is 5.69 Å². The fourth-order valence-corrected chi connectivity index (χ4v) is 0.997. The molecule has 0 bridgehead atoms. The molecule has 1 aromatic carbocycles. The standard InChI is InChI=1S/C11H13NO2/c1-3-7-14-11-6-4-5-10(8-11)12-9(2)13/h3-8H,1-2H3,(H,12,13). The first kappa shape index (κ1) is 10.3. The highest BCUT2D eigenvalue weighted by Crippen LogP contribution is 2.17. The topological polar surface area (TPSA) is 38.3 Å². The summed E-state index contributed by atoms with van der Waals surface area (Å²) in [6.45, 7) is 3.34. The minimum atomic E-state index is -0.0896. The van der Waals surface area contributed by atoms with Crippen LogP contribution in [0.2, 0.25) is 0 Å². The molecule has 3 nitrogen and oxygen atoms in total. The van der Waals surface area contributed by atoms with E-state index < -0.39 is 0 Å². The van der Waals surface area contributed by atoms with Crippen molar-refractivity contribution in [2.75, 3.05) is 5.32 Å². The zero-order valence-electron chi connectivity index (χ0n) is 8.28. The van der Waals surface area contributed by atoms with Crippen LogP contribution >= 0.6 is 0 Å². The van der Waals surface area contributed by atoms with Gasteiger partial charge in [0.15, 0.2) is 0 Å². The minimum Gasteiger partial charge on any atom is -0.465 e. The summed E-state index contributed by atoms with van der Waals surface area (Å²) in [5.74, 6) is 0.613. The maximum Gasteiger partial charge on any atom is 0.221 e. The van der Waals surface area contributed by atoms with Crippen molar-refractivity contribution < 1.29 is 9.53 Å². The highest BCUT2D eigenvalue weighted by atomic mass is 16.5. The van der Waals surface area contributed by atoms with Crippen LogP contribution < -0.4 is 10.1 Å². The van der Waals surface area contributed by atoms with Gasteiger partial charge in [0.05, 0.1) is 6.26 Å². The fourth-order valence-electron chi connectivity index (χ4n) is 0.997. The van der Waals surface area contributed by atoms with E-state index >= 15 is 0 Å². The Bertz CT molecular complexity index is 345. The Morgan fingerprint density at radius 3 is 2.93 bits per heavy atom. The van der Waals surface area contributed by atoms with Crippen molar-refractivity contribution >= 4 is 11.6 Å². The lowest BCUT2D eigenvalue weighted by atomic mass is 10.3. The Kier molecular flexibility index (Phi) is 3.73. The summed E-state index contributed by atoms with van der Waals surface area (Å²) in [7, 11) is 0. The number of nitrogens with one attached hydrogen (secondary N) is 1. The summed E-state index contributed by atoms with van der Waals surface area (Å²) in [6.07, 6.45) is 3.39.